The van der Waals surface area contributed by atoms with Crippen LogP contribution in [0, 0.1) is 11.3 Å². The van der Waals surface area contributed by atoms with Gasteiger partial charge in [0.15, 0.2) is 0 Å². The third kappa shape index (κ3) is 2.91. The van der Waals surface area contributed by atoms with Gasteiger partial charge in [-0.3, -0.25) is 0 Å². The first kappa shape index (κ1) is 13.8. The van der Waals surface area contributed by atoms with Gasteiger partial charge in [-0.1, -0.05) is 15.9 Å². The molecule has 17 heavy (non-hydrogen) atoms. The summed E-state index contributed by atoms with van der Waals surface area (Å²) in [6.07, 6.45) is -7.82. The van der Waals surface area contributed by atoms with E-state index in [-0.39, 0.29) is 10.9 Å². The predicted molar refractivity (Wildman–Crippen MR) is 51.5 cm³/mol. The van der Waals surface area contributed by atoms with Crippen molar-refractivity contribution in [3.63, 3.8) is 0 Å². The van der Waals surface area contributed by atoms with Gasteiger partial charge in [0.05, 0.1) is 5.56 Å². The van der Waals surface area contributed by atoms with Crippen LogP contribution in [0.15, 0.2) is 6.07 Å². The maximum atomic E-state index is 12.6. The molecule has 0 saturated heterocycles. The largest absolute Gasteiger partial charge is 0.433 e. The molecule has 92 valence electrons. The molecule has 8 heteroatoms. The van der Waals surface area contributed by atoms with Crippen LogP contribution in [0.1, 0.15) is 28.9 Å². The van der Waals surface area contributed by atoms with Crippen molar-refractivity contribution in [2.45, 2.75) is 17.9 Å². The fourth-order valence-corrected chi connectivity index (χ4v) is 1.66. The first-order chi connectivity index (χ1) is 7.81. The van der Waals surface area contributed by atoms with Crippen molar-refractivity contribution in [2.75, 3.05) is 0 Å². The maximum Gasteiger partial charge on any atom is 0.433 e. The Balaban J connectivity index is 3.52. The van der Waals surface area contributed by atoms with Crippen molar-refractivity contribution in [1.82, 2.24) is 4.98 Å². The summed E-state index contributed by atoms with van der Waals surface area (Å²) in [5.74, 6) is 0. The zero-order valence-electron chi connectivity index (χ0n) is 8.02. The fraction of sp³-hybridized carbons (Fsp3) is 0.333. The van der Waals surface area contributed by atoms with Gasteiger partial charge in [-0.25, -0.2) is 13.8 Å². The normalized spacial score (nSPS) is 11.6. The second kappa shape index (κ2) is 4.96. The van der Waals surface area contributed by atoms with Crippen molar-refractivity contribution in [2.24, 2.45) is 0 Å². The fourth-order valence-electron chi connectivity index (χ4n) is 1.19. The van der Waals surface area contributed by atoms with E-state index in [2.05, 4.69) is 20.9 Å². The van der Waals surface area contributed by atoms with Crippen LogP contribution >= 0.6 is 15.9 Å². The lowest BCUT2D eigenvalue weighted by molar-refractivity contribution is -0.141. The van der Waals surface area contributed by atoms with Gasteiger partial charge in [-0.2, -0.15) is 18.4 Å². The van der Waals surface area contributed by atoms with E-state index in [4.69, 9.17) is 5.26 Å². The zero-order chi connectivity index (χ0) is 13.2. The van der Waals surface area contributed by atoms with Crippen LogP contribution in [0.25, 0.3) is 0 Å². The molecule has 1 heterocycles. The number of hydrogen-bond donors (Lipinski definition) is 0. The van der Waals surface area contributed by atoms with Gasteiger partial charge in [-0.05, 0) is 11.6 Å². The van der Waals surface area contributed by atoms with Crippen molar-refractivity contribution >= 4 is 15.9 Å². The summed E-state index contributed by atoms with van der Waals surface area (Å²) in [6.45, 7) is 0. The summed E-state index contributed by atoms with van der Waals surface area (Å²) in [4.78, 5) is 2.91. The molecule has 0 amide bonds. The molecular formula is C9H4BrF5N2. The van der Waals surface area contributed by atoms with Crippen LogP contribution in [0.4, 0.5) is 22.0 Å². The van der Waals surface area contributed by atoms with E-state index in [0.29, 0.717) is 6.07 Å². The van der Waals surface area contributed by atoms with Gasteiger partial charge in [-0.15, -0.1) is 0 Å². The van der Waals surface area contributed by atoms with Crippen LogP contribution < -0.4 is 0 Å². The van der Waals surface area contributed by atoms with E-state index in [1.807, 2.05) is 0 Å². The quantitative estimate of drug-likeness (QED) is 0.615. The molecule has 0 N–H and O–H groups in total. The standard InChI is InChI=1S/C9H4BrF5N2/c10-2-4-1-6(9(13,14)15)17-5(3-16)7(4)8(11)12/h1,8H,2H2. The smallest absolute Gasteiger partial charge is 0.232 e. The number of aromatic nitrogens is 1. The van der Waals surface area contributed by atoms with Crippen LogP contribution in [-0.4, -0.2) is 4.98 Å². The summed E-state index contributed by atoms with van der Waals surface area (Å²) >= 11 is 2.80. The molecule has 0 aliphatic rings. The van der Waals surface area contributed by atoms with E-state index in [1.165, 1.54) is 6.07 Å². The Morgan fingerprint density at radius 1 is 1.41 bits per heavy atom. The van der Waals surface area contributed by atoms with Crippen LogP contribution in [0.2, 0.25) is 0 Å². The maximum absolute atomic E-state index is 12.6. The summed E-state index contributed by atoms with van der Waals surface area (Å²) in [5.41, 5.74) is -3.31. The Bertz CT molecular complexity index is 464. The van der Waals surface area contributed by atoms with E-state index in [1.54, 1.807) is 0 Å². The van der Waals surface area contributed by atoms with Gasteiger partial charge in [0.25, 0.3) is 6.43 Å². The van der Waals surface area contributed by atoms with Crippen molar-refractivity contribution in [1.29, 1.82) is 5.26 Å². The number of nitrogens with zero attached hydrogens (tertiary/aromatic N) is 2. The minimum atomic E-state index is -4.77. The lowest BCUT2D eigenvalue weighted by atomic mass is 10.1. The minimum absolute atomic E-state index is 0.215. The Morgan fingerprint density at radius 2 is 2.00 bits per heavy atom. The van der Waals surface area contributed by atoms with E-state index >= 15 is 0 Å². The molecule has 0 bridgehead atoms. The van der Waals surface area contributed by atoms with Gasteiger partial charge >= 0.3 is 6.18 Å². The molecule has 0 unspecified atom stereocenters. The Kier molecular flexibility index (Phi) is 4.03. The highest BCUT2D eigenvalue weighted by Gasteiger charge is 2.35. The molecule has 1 rings (SSSR count). The summed E-state index contributed by atoms with van der Waals surface area (Å²) in [6, 6.07) is 1.76. The first-order valence-electron chi connectivity index (χ1n) is 4.16. The number of rotatable bonds is 2. The molecule has 0 spiro atoms. The number of hydrogen-bond acceptors (Lipinski definition) is 2. The molecule has 0 radical (unpaired) electrons. The van der Waals surface area contributed by atoms with E-state index in [0.717, 1.165) is 0 Å². The molecule has 0 atom stereocenters. The van der Waals surface area contributed by atoms with Crippen molar-refractivity contribution in [3.05, 3.63) is 28.6 Å². The average molecular weight is 315 g/mol. The Morgan fingerprint density at radius 3 is 2.35 bits per heavy atom. The molecule has 2 nitrogen and oxygen atoms in total. The monoisotopic (exact) mass is 314 g/mol. The number of alkyl halides is 6. The van der Waals surface area contributed by atoms with Crippen molar-refractivity contribution < 1.29 is 22.0 Å². The second-order valence-electron chi connectivity index (χ2n) is 2.97. The highest BCUT2D eigenvalue weighted by Crippen LogP contribution is 2.33. The van der Waals surface area contributed by atoms with Gasteiger partial charge < -0.3 is 0 Å². The molecular weight excluding hydrogens is 311 g/mol. The van der Waals surface area contributed by atoms with Gasteiger partial charge in [0.2, 0.25) is 0 Å². The van der Waals surface area contributed by atoms with Crippen LogP contribution in [-0.2, 0) is 11.5 Å². The molecule has 0 aromatic carbocycles. The second-order valence-corrected chi connectivity index (χ2v) is 3.53. The van der Waals surface area contributed by atoms with E-state index in [9.17, 15) is 22.0 Å². The Labute approximate surface area is 101 Å². The topological polar surface area (TPSA) is 36.7 Å². The lowest BCUT2D eigenvalue weighted by Crippen LogP contribution is -2.12. The van der Waals surface area contributed by atoms with Crippen LogP contribution in [0.5, 0.6) is 0 Å². The van der Waals surface area contributed by atoms with Gasteiger partial charge in [0.1, 0.15) is 17.5 Å². The molecule has 1 aromatic rings. The summed E-state index contributed by atoms with van der Waals surface area (Å²) in [7, 11) is 0. The summed E-state index contributed by atoms with van der Waals surface area (Å²) in [5, 5.41) is 8.33. The molecule has 0 saturated carbocycles. The predicted octanol–water partition coefficient (Wildman–Crippen LogP) is 3.80. The summed E-state index contributed by atoms with van der Waals surface area (Å²) < 4.78 is 62.3. The molecule has 0 aliphatic carbocycles. The first-order valence-corrected chi connectivity index (χ1v) is 5.28. The molecule has 1 aromatic heterocycles. The third-order valence-electron chi connectivity index (χ3n) is 1.90. The molecule has 0 aliphatic heterocycles. The SMILES string of the molecule is N#Cc1nc(C(F)(F)F)cc(CBr)c1C(F)F. The Hall–Kier alpha value is -1.23. The van der Waals surface area contributed by atoms with Gasteiger partial charge in [0, 0.05) is 5.33 Å². The lowest BCUT2D eigenvalue weighted by Gasteiger charge is -2.12. The highest BCUT2D eigenvalue weighted by molar-refractivity contribution is 9.08. The molecule has 0 fully saturated rings. The van der Waals surface area contributed by atoms with Crippen molar-refractivity contribution in [3.8, 4) is 6.07 Å². The number of nitriles is 1. The van der Waals surface area contributed by atoms with E-state index < -0.39 is 29.6 Å². The van der Waals surface area contributed by atoms with Crippen LogP contribution in [0.3, 0.4) is 0 Å². The number of pyridine rings is 1. The third-order valence-corrected chi connectivity index (χ3v) is 2.51. The highest BCUT2D eigenvalue weighted by atomic mass is 79.9. The zero-order valence-corrected chi connectivity index (χ0v) is 9.61. The average Bonchev–Trinajstić information content (AvgIpc) is 2.25. The number of halogens is 6. The minimum Gasteiger partial charge on any atom is -0.232 e.